The van der Waals surface area contributed by atoms with Crippen LogP contribution in [0.15, 0.2) is 0 Å². The lowest BCUT2D eigenvalue weighted by atomic mass is 9.73. The number of aliphatic carboxylic acids is 1. The first-order chi connectivity index (χ1) is 6.15. The summed E-state index contributed by atoms with van der Waals surface area (Å²) >= 11 is 0. The highest BCUT2D eigenvalue weighted by molar-refractivity contribution is 5.76. The lowest BCUT2D eigenvalue weighted by molar-refractivity contribution is -0.152. The number of piperidine rings is 1. The molecule has 74 valence electrons. The monoisotopic (exact) mass is 184 g/mol. The normalized spacial score (nSPS) is 44.4. The summed E-state index contributed by atoms with van der Waals surface area (Å²) in [4.78, 5) is 13.5. The van der Waals surface area contributed by atoms with Gasteiger partial charge in [0, 0.05) is 6.04 Å². The number of fused-ring (bicyclic) bond motifs is 4. The highest BCUT2D eigenvalue weighted by Gasteiger charge is 2.48. The van der Waals surface area contributed by atoms with E-state index in [1.165, 1.54) is 0 Å². The van der Waals surface area contributed by atoms with E-state index in [1.54, 1.807) is 0 Å². The summed E-state index contributed by atoms with van der Waals surface area (Å²) in [5.74, 6) is -0.693. The molecule has 0 aliphatic carbocycles. The lowest BCUT2D eigenvalue weighted by Gasteiger charge is -2.37. The first-order valence-electron chi connectivity index (χ1n) is 4.86. The molecule has 2 bridgehead atoms. The van der Waals surface area contributed by atoms with E-state index in [4.69, 9.17) is 5.73 Å². The number of rotatable bonds is 1. The fourth-order valence-electron chi connectivity index (χ4n) is 2.52. The highest BCUT2D eigenvalue weighted by Crippen LogP contribution is 2.38. The Bertz CT molecular complexity index is 222. The Hall–Kier alpha value is -0.610. The Labute approximate surface area is 77.7 Å². The second-order valence-electron chi connectivity index (χ2n) is 4.20. The average molecular weight is 184 g/mol. The topological polar surface area (TPSA) is 66.6 Å². The van der Waals surface area contributed by atoms with Gasteiger partial charge in [-0.25, -0.2) is 0 Å². The number of nitrogens with two attached hydrogens (primary N) is 1. The smallest absolute Gasteiger partial charge is 0.311 e. The molecule has 1 atom stereocenters. The number of carbonyl (C=O) groups is 1. The number of carboxylic acids is 1. The molecule has 3 saturated heterocycles. The number of carboxylic acid groups (broad SMARTS) is 1. The third-order valence-electron chi connectivity index (χ3n) is 3.64. The Morgan fingerprint density at radius 1 is 1.38 bits per heavy atom. The third kappa shape index (κ3) is 1.25. The van der Waals surface area contributed by atoms with Gasteiger partial charge in [-0.05, 0) is 38.9 Å². The minimum Gasteiger partial charge on any atom is -0.481 e. The molecule has 0 aromatic heterocycles. The molecular weight excluding hydrogens is 168 g/mol. The molecule has 3 aliphatic heterocycles. The Balaban J connectivity index is 2.28. The van der Waals surface area contributed by atoms with Crippen LogP contribution in [0.1, 0.15) is 19.3 Å². The van der Waals surface area contributed by atoms with E-state index in [0.29, 0.717) is 0 Å². The van der Waals surface area contributed by atoms with Crippen molar-refractivity contribution in [1.82, 2.24) is 4.90 Å². The summed E-state index contributed by atoms with van der Waals surface area (Å²) in [5.41, 5.74) is 5.33. The van der Waals surface area contributed by atoms with Crippen molar-refractivity contribution in [3.63, 3.8) is 0 Å². The molecule has 4 nitrogen and oxygen atoms in total. The summed E-state index contributed by atoms with van der Waals surface area (Å²) in [6, 6.07) is -0.155. The van der Waals surface area contributed by atoms with Crippen molar-refractivity contribution in [2.45, 2.75) is 25.3 Å². The zero-order chi connectivity index (χ0) is 9.47. The molecule has 0 amide bonds. The average Bonchev–Trinajstić information content (AvgIpc) is 2.37. The van der Waals surface area contributed by atoms with Gasteiger partial charge in [0.25, 0.3) is 0 Å². The predicted molar refractivity (Wildman–Crippen MR) is 48.3 cm³/mol. The van der Waals surface area contributed by atoms with Crippen LogP contribution in [-0.2, 0) is 4.79 Å². The van der Waals surface area contributed by atoms with Gasteiger partial charge in [0.2, 0.25) is 0 Å². The van der Waals surface area contributed by atoms with Crippen molar-refractivity contribution < 1.29 is 9.90 Å². The quantitative estimate of drug-likeness (QED) is 0.596. The summed E-state index contributed by atoms with van der Waals surface area (Å²) in [7, 11) is 0. The van der Waals surface area contributed by atoms with Crippen LogP contribution in [0.4, 0.5) is 0 Å². The van der Waals surface area contributed by atoms with Crippen LogP contribution in [0.5, 0.6) is 0 Å². The van der Waals surface area contributed by atoms with E-state index < -0.39 is 11.4 Å². The molecule has 3 rings (SSSR count). The minimum absolute atomic E-state index is 0.155. The van der Waals surface area contributed by atoms with Gasteiger partial charge < -0.3 is 15.7 Å². The van der Waals surface area contributed by atoms with Crippen LogP contribution in [0.25, 0.3) is 0 Å². The molecule has 3 aliphatic rings. The van der Waals surface area contributed by atoms with Crippen LogP contribution < -0.4 is 5.73 Å². The van der Waals surface area contributed by atoms with Crippen molar-refractivity contribution in [3.8, 4) is 0 Å². The van der Waals surface area contributed by atoms with Gasteiger partial charge in [-0.15, -0.1) is 0 Å². The Kier molecular flexibility index (Phi) is 2.04. The molecule has 0 aromatic carbocycles. The van der Waals surface area contributed by atoms with E-state index >= 15 is 0 Å². The van der Waals surface area contributed by atoms with E-state index in [1.807, 2.05) is 0 Å². The zero-order valence-corrected chi connectivity index (χ0v) is 7.70. The molecular formula is C9H16N2O2. The molecule has 4 heteroatoms. The van der Waals surface area contributed by atoms with Gasteiger partial charge in [0.05, 0.1) is 5.41 Å². The predicted octanol–water partition coefficient (Wildman–Crippen LogP) is -0.116. The van der Waals surface area contributed by atoms with Crippen molar-refractivity contribution in [2.24, 2.45) is 11.1 Å². The lowest BCUT2D eigenvalue weighted by Crippen LogP contribution is -2.50. The van der Waals surface area contributed by atoms with Crippen molar-refractivity contribution >= 4 is 5.97 Å². The molecule has 0 radical (unpaired) electrons. The SMILES string of the molecule is NC1CCN2CCC1(C(=O)O)CC2. The molecule has 3 fully saturated rings. The highest BCUT2D eigenvalue weighted by atomic mass is 16.4. The molecule has 3 heterocycles. The van der Waals surface area contributed by atoms with Gasteiger partial charge >= 0.3 is 5.97 Å². The first-order valence-corrected chi connectivity index (χ1v) is 4.86. The maximum atomic E-state index is 11.2. The van der Waals surface area contributed by atoms with E-state index in [0.717, 1.165) is 38.9 Å². The Morgan fingerprint density at radius 3 is 2.54 bits per heavy atom. The Morgan fingerprint density at radius 2 is 2.00 bits per heavy atom. The molecule has 0 saturated carbocycles. The van der Waals surface area contributed by atoms with Crippen LogP contribution in [0, 0.1) is 5.41 Å². The fourth-order valence-corrected chi connectivity index (χ4v) is 2.52. The number of nitrogens with zero attached hydrogens (tertiary/aromatic N) is 1. The van der Waals surface area contributed by atoms with E-state index in [-0.39, 0.29) is 6.04 Å². The maximum absolute atomic E-state index is 11.2. The second kappa shape index (κ2) is 2.96. The van der Waals surface area contributed by atoms with Gasteiger partial charge in [0.1, 0.15) is 0 Å². The molecule has 0 spiro atoms. The molecule has 3 N–H and O–H groups in total. The first kappa shape index (κ1) is 8.97. The van der Waals surface area contributed by atoms with E-state index in [2.05, 4.69) is 4.90 Å². The summed E-state index contributed by atoms with van der Waals surface area (Å²) in [5, 5.41) is 9.21. The summed E-state index contributed by atoms with van der Waals surface area (Å²) in [6.45, 7) is 2.77. The molecule has 1 unspecified atom stereocenters. The number of hydrogen-bond acceptors (Lipinski definition) is 3. The van der Waals surface area contributed by atoms with Gasteiger partial charge in [-0.2, -0.15) is 0 Å². The molecule has 0 aromatic rings. The number of hydrogen-bond donors (Lipinski definition) is 2. The molecule has 13 heavy (non-hydrogen) atoms. The fraction of sp³-hybridized carbons (Fsp3) is 0.889. The largest absolute Gasteiger partial charge is 0.481 e. The van der Waals surface area contributed by atoms with Crippen molar-refractivity contribution in [1.29, 1.82) is 0 Å². The van der Waals surface area contributed by atoms with Crippen LogP contribution in [-0.4, -0.2) is 41.7 Å². The summed E-state index contributed by atoms with van der Waals surface area (Å²) in [6.07, 6.45) is 2.28. The van der Waals surface area contributed by atoms with Gasteiger partial charge in [0.15, 0.2) is 0 Å². The third-order valence-corrected chi connectivity index (χ3v) is 3.64. The second-order valence-corrected chi connectivity index (χ2v) is 4.20. The van der Waals surface area contributed by atoms with Gasteiger partial charge in [-0.1, -0.05) is 0 Å². The zero-order valence-electron chi connectivity index (χ0n) is 7.70. The van der Waals surface area contributed by atoms with Crippen molar-refractivity contribution in [3.05, 3.63) is 0 Å². The van der Waals surface area contributed by atoms with Crippen LogP contribution in [0.3, 0.4) is 0 Å². The van der Waals surface area contributed by atoms with Crippen LogP contribution >= 0.6 is 0 Å². The van der Waals surface area contributed by atoms with Crippen LogP contribution in [0.2, 0.25) is 0 Å². The maximum Gasteiger partial charge on any atom is 0.311 e. The van der Waals surface area contributed by atoms with Crippen molar-refractivity contribution in [2.75, 3.05) is 19.6 Å². The van der Waals surface area contributed by atoms with Gasteiger partial charge in [-0.3, -0.25) is 4.79 Å². The van der Waals surface area contributed by atoms with E-state index in [9.17, 15) is 9.90 Å². The minimum atomic E-state index is -0.693. The standard InChI is InChI=1S/C9H16N2O2/c10-7-1-4-11-5-2-9(7,3-6-11)8(12)13/h7H,1-6,10H2,(H,12,13). The summed E-state index contributed by atoms with van der Waals surface area (Å²) < 4.78 is 0.